The number of rotatable bonds is 3. The van der Waals surface area contributed by atoms with Gasteiger partial charge in [0.05, 0.1) is 5.69 Å². The molecule has 21 heavy (non-hydrogen) atoms. The number of hydrogen-bond acceptors (Lipinski definition) is 6. The van der Waals surface area contributed by atoms with E-state index in [1.165, 1.54) is 0 Å². The summed E-state index contributed by atoms with van der Waals surface area (Å²) in [6, 6.07) is 3.79. The lowest BCUT2D eigenvalue weighted by molar-refractivity contribution is 0.109. The summed E-state index contributed by atoms with van der Waals surface area (Å²) in [5.74, 6) is 1.66. The zero-order valence-corrected chi connectivity index (χ0v) is 11.5. The predicted molar refractivity (Wildman–Crippen MR) is 75.5 cm³/mol. The number of nitrogens with zero attached hydrogens (tertiary/aromatic N) is 3. The highest BCUT2D eigenvalue weighted by atomic mass is 16.4. The molecule has 0 amide bonds. The molecule has 1 N–H and O–H groups in total. The maximum atomic E-state index is 11.0. The Labute approximate surface area is 122 Å². The average molecular weight is 284 g/mol. The van der Waals surface area contributed by atoms with Gasteiger partial charge in [0.1, 0.15) is 0 Å². The number of fused-ring (bicyclic) bond motifs is 2. The van der Waals surface area contributed by atoms with Crippen LogP contribution in [0.4, 0.5) is 0 Å². The largest absolute Gasteiger partial charge is 0.434 e. The minimum Gasteiger partial charge on any atom is -0.434 e. The lowest BCUT2D eigenvalue weighted by Gasteiger charge is -2.30. The molecule has 2 fully saturated rings. The van der Waals surface area contributed by atoms with Crippen LogP contribution in [-0.2, 0) is 0 Å². The summed E-state index contributed by atoms with van der Waals surface area (Å²) < 4.78 is 5.65. The molecule has 3 atom stereocenters. The third kappa shape index (κ3) is 2.16. The van der Waals surface area contributed by atoms with E-state index < -0.39 is 0 Å². The molecule has 2 aliphatic rings. The molecule has 0 radical (unpaired) electrons. The van der Waals surface area contributed by atoms with E-state index in [-0.39, 0.29) is 11.8 Å². The molecular formula is C15H16N4O2. The van der Waals surface area contributed by atoms with E-state index in [2.05, 4.69) is 20.4 Å². The fraction of sp³-hybridized carbons (Fsp3) is 0.400. The Balaban J connectivity index is 1.77. The molecule has 2 aromatic heterocycles. The van der Waals surface area contributed by atoms with Crippen molar-refractivity contribution in [1.29, 1.82) is 0 Å². The van der Waals surface area contributed by atoms with Gasteiger partial charge in [-0.1, -0.05) is 0 Å². The third-order valence-electron chi connectivity index (χ3n) is 4.37. The van der Waals surface area contributed by atoms with Gasteiger partial charge in [-0.05, 0) is 24.5 Å². The minimum absolute atomic E-state index is 0.143. The van der Waals surface area contributed by atoms with Crippen molar-refractivity contribution in [3.63, 3.8) is 0 Å². The van der Waals surface area contributed by atoms with Crippen molar-refractivity contribution in [1.82, 2.24) is 20.4 Å². The molecule has 3 unspecified atom stereocenters. The van der Waals surface area contributed by atoms with Crippen LogP contribution in [0, 0.1) is 5.92 Å². The molecule has 6 nitrogen and oxygen atoms in total. The van der Waals surface area contributed by atoms with Crippen LogP contribution < -0.4 is 5.43 Å². The molecule has 6 heteroatoms. The normalized spacial score (nSPS) is 27.7. The fourth-order valence-corrected chi connectivity index (χ4v) is 3.33. The standard InChI is InChI=1S/C15H16N4O2/c20-9-13-18-14(12-7-17-19-5-3-11(12)8-19)15(21-13)10-2-1-4-16-6-10/h1-2,4,6,9,11-12,17H,3,5,7-8H2. The molecule has 2 bridgehead atoms. The topological polar surface area (TPSA) is 71.3 Å². The number of hydrogen-bond donors (Lipinski definition) is 1. The summed E-state index contributed by atoms with van der Waals surface area (Å²) in [6.45, 7) is 2.94. The van der Waals surface area contributed by atoms with Gasteiger partial charge in [0.2, 0.25) is 6.29 Å². The fourth-order valence-electron chi connectivity index (χ4n) is 3.33. The molecule has 0 aromatic carbocycles. The van der Waals surface area contributed by atoms with Gasteiger partial charge < -0.3 is 4.42 Å². The lowest BCUT2D eigenvalue weighted by Crippen LogP contribution is -2.44. The number of aromatic nitrogens is 2. The lowest BCUT2D eigenvalue weighted by atomic mass is 9.86. The van der Waals surface area contributed by atoms with Crippen LogP contribution in [0.15, 0.2) is 28.9 Å². The number of carbonyl (C=O) groups is 1. The second kappa shape index (κ2) is 5.05. The van der Waals surface area contributed by atoms with Gasteiger partial charge in [-0.15, -0.1) is 0 Å². The summed E-state index contributed by atoms with van der Waals surface area (Å²) in [5, 5.41) is 2.26. The van der Waals surface area contributed by atoms with E-state index >= 15 is 0 Å². The summed E-state index contributed by atoms with van der Waals surface area (Å²) in [7, 11) is 0. The Hall–Kier alpha value is -2.05. The first-order valence-corrected chi connectivity index (χ1v) is 7.20. The maximum Gasteiger partial charge on any atom is 0.260 e. The Morgan fingerprint density at radius 2 is 2.43 bits per heavy atom. The summed E-state index contributed by atoms with van der Waals surface area (Å²) in [5.41, 5.74) is 5.16. The Bertz CT molecular complexity index is 655. The highest BCUT2D eigenvalue weighted by Gasteiger charge is 2.38. The SMILES string of the molecule is O=Cc1nc(C2CNN3CCC2C3)c(-c2cccnc2)o1. The Morgan fingerprint density at radius 1 is 1.48 bits per heavy atom. The van der Waals surface area contributed by atoms with Crippen LogP contribution in [-0.4, -0.2) is 40.9 Å². The van der Waals surface area contributed by atoms with Crippen molar-refractivity contribution >= 4 is 6.29 Å². The predicted octanol–water partition coefficient (Wildman–Crippen LogP) is 1.47. The zero-order chi connectivity index (χ0) is 14.2. The molecular weight excluding hydrogens is 268 g/mol. The molecule has 0 saturated carbocycles. The van der Waals surface area contributed by atoms with Crippen molar-refractivity contribution in [3.8, 4) is 11.3 Å². The van der Waals surface area contributed by atoms with E-state index in [4.69, 9.17) is 4.42 Å². The van der Waals surface area contributed by atoms with Crippen molar-refractivity contribution in [2.45, 2.75) is 12.3 Å². The number of carbonyl (C=O) groups excluding carboxylic acids is 1. The van der Waals surface area contributed by atoms with E-state index in [9.17, 15) is 4.79 Å². The van der Waals surface area contributed by atoms with E-state index in [1.54, 1.807) is 12.4 Å². The van der Waals surface area contributed by atoms with E-state index in [0.717, 1.165) is 37.3 Å². The van der Waals surface area contributed by atoms with Crippen LogP contribution in [0.25, 0.3) is 11.3 Å². The smallest absolute Gasteiger partial charge is 0.260 e. The highest BCUT2D eigenvalue weighted by molar-refractivity contribution is 5.70. The molecule has 2 aromatic rings. The number of nitrogens with one attached hydrogen (secondary N) is 1. The van der Waals surface area contributed by atoms with Gasteiger partial charge >= 0.3 is 0 Å². The zero-order valence-electron chi connectivity index (χ0n) is 11.5. The van der Waals surface area contributed by atoms with E-state index in [0.29, 0.717) is 18.0 Å². The molecule has 4 rings (SSSR count). The first kappa shape index (κ1) is 12.7. The molecule has 0 aliphatic carbocycles. The van der Waals surface area contributed by atoms with Gasteiger partial charge in [0.15, 0.2) is 5.76 Å². The van der Waals surface area contributed by atoms with Gasteiger partial charge in [-0.2, -0.15) is 0 Å². The minimum atomic E-state index is 0.143. The molecule has 0 spiro atoms. The monoisotopic (exact) mass is 284 g/mol. The summed E-state index contributed by atoms with van der Waals surface area (Å²) in [4.78, 5) is 19.6. The van der Waals surface area contributed by atoms with Gasteiger partial charge in [-0.25, -0.2) is 9.99 Å². The van der Waals surface area contributed by atoms with Crippen LogP contribution in [0.3, 0.4) is 0 Å². The molecule has 2 aliphatic heterocycles. The van der Waals surface area contributed by atoms with Gasteiger partial charge in [0, 0.05) is 43.5 Å². The van der Waals surface area contributed by atoms with Crippen LogP contribution in [0.1, 0.15) is 28.7 Å². The molecule has 4 heterocycles. The van der Waals surface area contributed by atoms with Crippen molar-refractivity contribution in [2.24, 2.45) is 5.92 Å². The van der Waals surface area contributed by atoms with Crippen LogP contribution >= 0.6 is 0 Å². The third-order valence-corrected chi connectivity index (χ3v) is 4.37. The number of hydrazine groups is 1. The summed E-state index contributed by atoms with van der Waals surface area (Å²) >= 11 is 0. The maximum absolute atomic E-state index is 11.0. The number of aldehydes is 1. The second-order valence-corrected chi connectivity index (χ2v) is 5.59. The van der Waals surface area contributed by atoms with Crippen LogP contribution in [0.5, 0.6) is 0 Å². The number of oxazole rings is 1. The van der Waals surface area contributed by atoms with Crippen molar-refractivity contribution < 1.29 is 9.21 Å². The van der Waals surface area contributed by atoms with Crippen molar-refractivity contribution in [2.75, 3.05) is 19.6 Å². The summed E-state index contributed by atoms with van der Waals surface area (Å²) in [6.07, 6.45) is 5.28. The van der Waals surface area contributed by atoms with Crippen LogP contribution in [0.2, 0.25) is 0 Å². The first-order chi connectivity index (χ1) is 10.3. The Morgan fingerprint density at radius 3 is 3.24 bits per heavy atom. The molecule has 2 saturated heterocycles. The molecule has 108 valence electrons. The second-order valence-electron chi connectivity index (χ2n) is 5.59. The quantitative estimate of drug-likeness (QED) is 0.861. The van der Waals surface area contributed by atoms with Gasteiger partial charge in [0.25, 0.3) is 5.89 Å². The van der Waals surface area contributed by atoms with E-state index in [1.807, 2.05) is 12.1 Å². The Kier molecular flexibility index (Phi) is 3.05. The average Bonchev–Trinajstić information content (AvgIpc) is 3.13. The van der Waals surface area contributed by atoms with Gasteiger partial charge in [-0.3, -0.25) is 15.2 Å². The number of pyridine rings is 1. The first-order valence-electron chi connectivity index (χ1n) is 7.20. The van der Waals surface area contributed by atoms with Crippen molar-refractivity contribution in [3.05, 3.63) is 36.1 Å². The highest BCUT2D eigenvalue weighted by Crippen LogP contribution is 2.38.